The van der Waals surface area contributed by atoms with Crippen molar-refractivity contribution in [2.75, 3.05) is 19.7 Å². The number of carbonyl (C=O) groups excluding carboxylic acids is 1. The van der Waals surface area contributed by atoms with Crippen LogP contribution in [0.2, 0.25) is 0 Å². The van der Waals surface area contributed by atoms with Crippen molar-refractivity contribution in [3.05, 3.63) is 0 Å². The second kappa shape index (κ2) is 4.28. The van der Waals surface area contributed by atoms with E-state index in [9.17, 15) is 4.79 Å². The van der Waals surface area contributed by atoms with Gasteiger partial charge in [0.15, 0.2) is 0 Å². The normalized spacial score (nSPS) is 28.4. The molecule has 1 saturated heterocycles. The van der Waals surface area contributed by atoms with E-state index in [0.29, 0.717) is 25.6 Å². The van der Waals surface area contributed by atoms with Gasteiger partial charge < -0.3 is 10.5 Å². The third kappa shape index (κ3) is 2.25. The first kappa shape index (κ1) is 11.5. The SMILES string of the molecule is CCOC(=O)C1(N)CCN(C(C)C)C1. The molecule has 82 valence electrons. The summed E-state index contributed by atoms with van der Waals surface area (Å²) >= 11 is 0. The molecule has 0 radical (unpaired) electrons. The molecule has 0 saturated carbocycles. The van der Waals surface area contributed by atoms with E-state index in [4.69, 9.17) is 10.5 Å². The summed E-state index contributed by atoms with van der Waals surface area (Å²) in [6, 6.07) is 0.440. The lowest BCUT2D eigenvalue weighted by molar-refractivity contribution is -0.149. The standard InChI is InChI=1S/C10H20N2O2/c1-4-14-9(13)10(11)5-6-12(7-10)8(2)3/h8H,4-7,11H2,1-3H3. The predicted molar refractivity (Wildman–Crippen MR) is 54.9 cm³/mol. The topological polar surface area (TPSA) is 55.6 Å². The fraction of sp³-hybridized carbons (Fsp3) is 0.900. The van der Waals surface area contributed by atoms with Gasteiger partial charge in [-0.3, -0.25) is 9.69 Å². The maximum absolute atomic E-state index is 11.6. The summed E-state index contributed by atoms with van der Waals surface area (Å²) < 4.78 is 4.97. The maximum atomic E-state index is 11.6. The molecule has 1 heterocycles. The summed E-state index contributed by atoms with van der Waals surface area (Å²) in [5.74, 6) is -0.261. The molecule has 0 aromatic heterocycles. The van der Waals surface area contributed by atoms with Gasteiger partial charge in [-0.2, -0.15) is 0 Å². The molecule has 0 spiro atoms. The second-order valence-corrected chi connectivity index (χ2v) is 4.19. The van der Waals surface area contributed by atoms with Crippen molar-refractivity contribution in [2.45, 2.75) is 38.8 Å². The fourth-order valence-corrected chi connectivity index (χ4v) is 1.75. The molecule has 1 unspecified atom stereocenters. The monoisotopic (exact) mass is 200 g/mol. The summed E-state index contributed by atoms with van der Waals surface area (Å²) in [6.45, 7) is 7.92. The Bertz CT molecular complexity index is 218. The number of hydrogen-bond acceptors (Lipinski definition) is 4. The average molecular weight is 200 g/mol. The zero-order chi connectivity index (χ0) is 10.8. The van der Waals surface area contributed by atoms with Gasteiger partial charge in [0.1, 0.15) is 5.54 Å². The van der Waals surface area contributed by atoms with Crippen LogP contribution < -0.4 is 5.73 Å². The molecule has 0 aromatic rings. The quantitative estimate of drug-likeness (QED) is 0.668. The minimum Gasteiger partial charge on any atom is -0.465 e. The lowest BCUT2D eigenvalue weighted by Crippen LogP contribution is -2.51. The predicted octanol–water partition coefficient (Wildman–Crippen LogP) is 0.361. The van der Waals surface area contributed by atoms with Crippen molar-refractivity contribution in [3.63, 3.8) is 0 Å². The first-order valence-corrected chi connectivity index (χ1v) is 5.20. The van der Waals surface area contributed by atoms with Gasteiger partial charge in [-0.15, -0.1) is 0 Å². The summed E-state index contributed by atoms with van der Waals surface area (Å²) in [5, 5.41) is 0. The molecular formula is C10H20N2O2. The second-order valence-electron chi connectivity index (χ2n) is 4.19. The van der Waals surface area contributed by atoms with E-state index < -0.39 is 5.54 Å². The molecular weight excluding hydrogens is 180 g/mol. The highest BCUT2D eigenvalue weighted by Crippen LogP contribution is 2.21. The lowest BCUT2D eigenvalue weighted by Gasteiger charge is -2.24. The Morgan fingerprint density at radius 2 is 2.29 bits per heavy atom. The van der Waals surface area contributed by atoms with Crippen LogP contribution >= 0.6 is 0 Å². The zero-order valence-corrected chi connectivity index (χ0v) is 9.25. The van der Waals surface area contributed by atoms with Gasteiger partial charge in [0.2, 0.25) is 0 Å². The van der Waals surface area contributed by atoms with Crippen molar-refractivity contribution >= 4 is 5.97 Å². The van der Waals surface area contributed by atoms with Gasteiger partial charge in [-0.1, -0.05) is 0 Å². The van der Waals surface area contributed by atoms with Crippen molar-refractivity contribution in [3.8, 4) is 0 Å². The Morgan fingerprint density at radius 3 is 2.71 bits per heavy atom. The zero-order valence-electron chi connectivity index (χ0n) is 9.25. The largest absolute Gasteiger partial charge is 0.465 e. The highest BCUT2D eigenvalue weighted by atomic mass is 16.5. The lowest BCUT2D eigenvalue weighted by atomic mass is 10.0. The summed E-state index contributed by atoms with van der Waals surface area (Å²) in [5.41, 5.74) is 5.22. The highest BCUT2D eigenvalue weighted by molar-refractivity contribution is 5.81. The van der Waals surface area contributed by atoms with Crippen LogP contribution in [0.5, 0.6) is 0 Å². The first-order chi connectivity index (χ1) is 6.49. The van der Waals surface area contributed by atoms with Gasteiger partial charge in [0.05, 0.1) is 6.61 Å². The minimum absolute atomic E-state index is 0.261. The van der Waals surface area contributed by atoms with E-state index in [1.54, 1.807) is 6.92 Å². The number of hydrogen-bond donors (Lipinski definition) is 1. The number of nitrogens with zero attached hydrogens (tertiary/aromatic N) is 1. The van der Waals surface area contributed by atoms with E-state index in [-0.39, 0.29) is 5.97 Å². The Labute approximate surface area is 85.4 Å². The molecule has 1 fully saturated rings. The molecule has 4 heteroatoms. The number of nitrogens with two attached hydrogens (primary N) is 1. The minimum atomic E-state index is -0.777. The summed E-state index contributed by atoms with van der Waals surface area (Å²) in [4.78, 5) is 13.8. The van der Waals surface area contributed by atoms with Gasteiger partial charge in [0.25, 0.3) is 0 Å². The average Bonchev–Trinajstić information content (AvgIpc) is 2.50. The van der Waals surface area contributed by atoms with Crippen molar-refractivity contribution in [1.29, 1.82) is 0 Å². The number of ether oxygens (including phenoxy) is 1. The van der Waals surface area contributed by atoms with Crippen LogP contribution in [0.4, 0.5) is 0 Å². The molecule has 4 nitrogen and oxygen atoms in total. The Balaban J connectivity index is 2.57. The van der Waals surface area contributed by atoms with E-state index in [0.717, 1.165) is 6.54 Å². The van der Waals surface area contributed by atoms with E-state index in [1.165, 1.54) is 0 Å². The molecule has 1 aliphatic rings. The third-order valence-corrected chi connectivity index (χ3v) is 2.74. The van der Waals surface area contributed by atoms with Gasteiger partial charge in [-0.05, 0) is 27.2 Å². The van der Waals surface area contributed by atoms with E-state index in [1.807, 2.05) is 0 Å². The van der Waals surface area contributed by atoms with Crippen LogP contribution in [0.1, 0.15) is 27.2 Å². The number of likely N-dealkylation sites (tertiary alicyclic amines) is 1. The van der Waals surface area contributed by atoms with Crippen LogP contribution in [0, 0.1) is 0 Å². The highest BCUT2D eigenvalue weighted by Gasteiger charge is 2.42. The van der Waals surface area contributed by atoms with Gasteiger partial charge in [-0.25, -0.2) is 0 Å². The van der Waals surface area contributed by atoms with E-state index in [2.05, 4.69) is 18.7 Å². The van der Waals surface area contributed by atoms with Crippen LogP contribution in [0.3, 0.4) is 0 Å². The smallest absolute Gasteiger partial charge is 0.327 e. The molecule has 1 aliphatic heterocycles. The van der Waals surface area contributed by atoms with Crippen LogP contribution in [0.15, 0.2) is 0 Å². The summed E-state index contributed by atoms with van der Waals surface area (Å²) in [6.07, 6.45) is 0.698. The molecule has 1 atom stereocenters. The number of rotatable bonds is 3. The van der Waals surface area contributed by atoms with E-state index >= 15 is 0 Å². The number of carbonyl (C=O) groups is 1. The molecule has 1 rings (SSSR count). The third-order valence-electron chi connectivity index (χ3n) is 2.74. The fourth-order valence-electron chi connectivity index (χ4n) is 1.75. The molecule has 14 heavy (non-hydrogen) atoms. The Hall–Kier alpha value is -0.610. The maximum Gasteiger partial charge on any atom is 0.327 e. The summed E-state index contributed by atoms with van der Waals surface area (Å²) in [7, 11) is 0. The van der Waals surface area contributed by atoms with Crippen LogP contribution in [-0.4, -0.2) is 42.1 Å². The van der Waals surface area contributed by atoms with Crippen LogP contribution in [0.25, 0.3) is 0 Å². The first-order valence-electron chi connectivity index (χ1n) is 5.20. The van der Waals surface area contributed by atoms with Crippen LogP contribution in [-0.2, 0) is 9.53 Å². The molecule has 2 N–H and O–H groups in total. The van der Waals surface area contributed by atoms with Crippen molar-refractivity contribution < 1.29 is 9.53 Å². The molecule has 0 aliphatic carbocycles. The number of esters is 1. The molecule has 0 bridgehead atoms. The van der Waals surface area contributed by atoms with Gasteiger partial charge in [0, 0.05) is 19.1 Å². The van der Waals surface area contributed by atoms with Crippen molar-refractivity contribution in [2.24, 2.45) is 5.73 Å². The molecule has 0 aromatic carbocycles. The Morgan fingerprint density at radius 1 is 1.64 bits per heavy atom. The molecule has 0 amide bonds. The van der Waals surface area contributed by atoms with Crippen molar-refractivity contribution in [1.82, 2.24) is 4.90 Å². The Kier molecular flexibility index (Phi) is 3.50. The van der Waals surface area contributed by atoms with Gasteiger partial charge >= 0.3 is 5.97 Å².